The Morgan fingerprint density at radius 2 is 2.07 bits per heavy atom. The molecular formula is C20H36IN5O2. The molecule has 8 heteroatoms. The summed E-state index contributed by atoms with van der Waals surface area (Å²) in [6.07, 6.45) is 2.94. The number of ether oxygens (including phenoxy) is 2. The molecule has 0 atom stereocenters. The molecule has 0 aromatic carbocycles. The van der Waals surface area contributed by atoms with E-state index in [4.69, 9.17) is 14.5 Å². The highest BCUT2D eigenvalue weighted by Crippen LogP contribution is 2.19. The van der Waals surface area contributed by atoms with Gasteiger partial charge >= 0.3 is 0 Å². The lowest BCUT2D eigenvalue weighted by molar-refractivity contribution is 0.122. The fourth-order valence-electron chi connectivity index (χ4n) is 2.78. The van der Waals surface area contributed by atoms with Crippen LogP contribution in [0.5, 0.6) is 0 Å². The zero-order chi connectivity index (χ0) is 19.3. The quantitative estimate of drug-likeness (QED) is 0.221. The number of guanidine groups is 1. The van der Waals surface area contributed by atoms with E-state index < -0.39 is 0 Å². The molecule has 1 aromatic rings. The predicted octanol–water partition coefficient (Wildman–Crippen LogP) is 2.65. The van der Waals surface area contributed by atoms with Crippen LogP contribution >= 0.6 is 24.0 Å². The van der Waals surface area contributed by atoms with Gasteiger partial charge in [-0.1, -0.05) is 19.9 Å². The van der Waals surface area contributed by atoms with Gasteiger partial charge in [0.2, 0.25) is 0 Å². The molecule has 28 heavy (non-hydrogen) atoms. The summed E-state index contributed by atoms with van der Waals surface area (Å²) in [6, 6.07) is 4.07. The Kier molecular flexibility index (Phi) is 13.2. The second-order valence-electron chi connectivity index (χ2n) is 7.00. The fraction of sp³-hybridized carbons (Fsp3) is 0.700. The highest BCUT2D eigenvalue weighted by Gasteiger charge is 2.15. The first kappa shape index (κ1) is 24.9. The number of hydrogen-bond donors (Lipinski definition) is 2. The molecule has 0 radical (unpaired) electrons. The molecule has 2 rings (SSSR count). The van der Waals surface area contributed by atoms with Gasteiger partial charge in [-0.2, -0.15) is 0 Å². The van der Waals surface area contributed by atoms with E-state index in [1.807, 2.05) is 12.3 Å². The third kappa shape index (κ3) is 9.38. The summed E-state index contributed by atoms with van der Waals surface area (Å²) in [4.78, 5) is 11.6. The minimum atomic E-state index is 0. The number of halogens is 1. The molecule has 1 aromatic heterocycles. The molecule has 0 spiro atoms. The summed E-state index contributed by atoms with van der Waals surface area (Å²) in [5.41, 5.74) is 1.13. The van der Waals surface area contributed by atoms with Crippen LogP contribution in [0, 0.1) is 5.92 Å². The zero-order valence-electron chi connectivity index (χ0n) is 17.4. The van der Waals surface area contributed by atoms with E-state index in [9.17, 15) is 0 Å². The van der Waals surface area contributed by atoms with Gasteiger partial charge < -0.3 is 25.0 Å². The first-order valence-corrected chi connectivity index (χ1v) is 10.1. The molecule has 160 valence electrons. The summed E-state index contributed by atoms with van der Waals surface area (Å²) in [5, 5.41) is 6.63. The molecule has 7 nitrogen and oxygen atoms in total. The molecule has 0 amide bonds. The number of nitrogens with zero attached hydrogens (tertiary/aromatic N) is 3. The monoisotopic (exact) mass is 505 g/mol. The van der Waals surface area contributed by atoms with Gasteiger partial charge in [-0.05, 0) is 25.3 Å². The predicted molar refractivity (Wildman–Crippen MR) is 126 cm³/mol. The summed E-state index contributed by atoms with van der Waals surface area (Å²) in [6.45, 7) is 13.4. The SMILES string of the molecule is CCNC(=NCc1cccnc1N1CCOCC1)NCCOCCC(C)C.I. The van der Waals surface area contributed by atoms with Crippen molar-refractivity contribution >= 4 is 35.8 Å². The second-order valence-corrected chi connectivity index (χ2v) is 7.00. The molecule has 1 saturated heterocycles. The Balaban J connectivity index is 0.00000392. The number of hydrogen-bond acceptors (Lipinski definition) is 5. The number of aliphatic imine (C=N–C) groups is 1. The van der Waals surface area contributed by atoms with Gasteiger partial charge in [0.05, 0.1) is 26.4 Å². The van der Waals surface area contributed by atoms with Crippen molar-refractivity contribution in [1.29, 1.82) is 0 Å². The number of aromatic nitrogens is 1. The van der Waals surface area contributed by atoms with Crippen LogP contribution < -0.4 is 15.5 Å². The van der Waals surface area contributed by atoms with Crippen LogP contribution in [0.4, 0.5) is 5.82 Å². The van der Waals surface area contributed by atoms with E-state index in [2.05, 4.69) is 47.4 Å². The van der Waals surface area contributed by atoms with Crippen molar-refractivity contribution in [3.63, 3.8) is 0 Å². The van der Waals surface area contributed by atoms with Crippen molar-refractivity contribution in [1.82, 2.24) is 15.6 Å². The van der Waals surface area contributed by atoms with Gasteiger partial charge in [-0.3, -0.25) is 0 Å². The van der Waals surface area contributed by atoms with E-state index >= 15 is 0 Å². The number of nitrogens with one attached hydrogen (secondary N) is 2. The zero-order valence-corrected chi connectivity index (χ0v) is 19.8. The van der Waals surface area contributed by atoms with E-state index in [0.29, 0.717) is 19.1 Å². The Hall–Kier alpha value is -1.13. The molecular weight excluding hydrogens is 469 g/mol. The standard InChI is InChI=1S/C20H35N5O2.HI/c1-4-21-20(23-9-13-26-12-7-17(2)3)24-16-18-6-5-8-22-19(18)25-10-14-27-15-11-25;/h5-6,8,17H,4,7,9-16H2,1-3H3,(H2,21,23,24);1H. The smallest absolute Gasteiger partial charge is 0.191 e. The van der Waals surface area contributed by atoms with Crippen molar-refractivity contribution in [2.75, 3.05) is 57.5 Å². The first-order chi connectivity index (χ1) is 13.2. The maximum absolute atomic E-state index is 5.66. The summed E-state index contributed by atoms with van der Waals surface area (Å²) in [5.74, 6) is 2.50. The minimum absolute atomic E-state index is 0. The maximum atomic E-state index is 5.66. The van der Waals surface area contributed by atoms with Crippen molar-refractivity contribution in [3.05, 3.63) is 23.9 Å². The number of morpholine rings is 1. The molecule has 2 N–H and O–H groups in total. The van der Waals surface area contributed by atoms with Crippen LogP contribution in [0.15, 0.2) is 23.3 Å². The first-order valence-electron chi connectivity index (χ1n) is 10.1. The van der Waals surface area contributed by atoms with Crippen LogP contribution in [0.1, 0.15) is 32.8 Å². The summed E-state index contributed by atoms with van der Waals surface area (Å²) >= 11 is 0. The molecule has 1 aliphatic heterocycles. The third-order valence-electron chi connectivity index (χ3n) is 4.31. The lowest BCUT2D eigenvalue weighted by Crippen LogP contribution is -2.39. The van der Waals surface area contributed by atoms with Crippen molar-refractivity contribution in [3.8, 4) is 0 Å². The van der Waals surface area contributed by atoms with Gasteiger partial charge in [0.1, 0.15) is 5.82 Å². The Morgan fingerprint density at radius 1 is 1.29 bits per heavy atom. The van der Waals surface area contributed by atoms with E-state index in [1.54, 1.807) is 0 Å². The van der Waals surface area contributed by atoms with Gasteiger partial charge in [-0.15, -0.1) is 24.0 Å². The van der Waals surface area contributed by atoms with Crippen molar-refractivity contribution in [2.24, 2.45) is 10.9 Å². The van der Waals surface area contributed by atoms with Gasteiger partial charge in [-0.25, -0.2) is 9.98 Å². The second kappa shape index (κ2) is 14.8. The van der Waals surface area contributed by atoms with E-state index in [-0.39, 0.29) is 24.0 Å². The van der Waals surface area contributed by atoms with Crippen molar-refractivity contribution < 1.29 is 9.47 Å². The summed E-state index contributed by atoms with van der Waals surface area (Å²) in [7, 11) is 0. The molecule has 0 saturated carbocycles. The Bertz CT molecular complexity index is 565. The van der Waals surface area contributed by atoms with Crippen LogP contribution in [-0.2, 0) is 16.0 Å². The van der Waals surface area contributed by atoms with Crippen LogP contribution in [0.2, 0.25) is 0 Å². The lowest BCUT2D eigenvalue weighted by atomic mass is 10.1. The largest absolute Gasteiger partial charge is 0.380 e. The Labute approximate surface area is 186 Å². The molecule has 1 aliphatic rings. The minimum Gasteiger partial charge on any atom is -0.380 e. The van der Waals surface area contributed by atoms with Gasteiger partial charge in [0.15, 0.2) is 5.96 Å². The highest BCUT2D eigenvalue weighted by molar-refractivity contribution is 14.0. The molecule has 0 unspecified atom stereocenters. The Morgan fingerprint density at radius 3 is 2.79 bits per heavy atom. The molecule has 2 heterocycles. The van der Waals surface area contributed by atoms with Crippen LogP contribution in [-0.4, -0.2) is 63.6 Å². The normalized spacial score (nSPS) is 14.7. The van der Waals surface area contributed by atoms with Crippen molar-refractivity contribution in [2.45, 2.75) is 33.7 Å². The van der Waals surface area contributed by atoms with Gasteiger partial charge in [0.25, 0.3) is 0 Å². The van der Waals surface area contributed by atoms with Gasteiger partial charge in [0, 0.05) is 44.5 Å². The average Bonchev–Trinajstić information content (AvgIpc) is 2.69. The fourth-order valence-corrected chi connectivity index (χ4v) is 2.78. The third-order valence-corrected chi connectivity index (χ3v) is 4.31. The van der Waals surface area contributed by atoms with Crippen LogP contribution in [0.3, 0.4) is 0 Å². The molecule has 0 bridgehead atoms. The van der Waals surface area contributed by atoms with E-state index in [1.165, 1.54) is 0 Å². The molecule has 0 aliphatic carbocycles. The van der Waals surface area contributed by atoms with Crippen LogP contribution in [0.25, 0.3) is 0 Å². The van der Waals surface area contributed by atoms with E-state index in [0.717, 1.165) is 69.8 Å². The summed E-state index contributed by atoms with van der Waals surface area (Å²) < 4.78 is 11.1. The highest BCUT2D eigenvalue weighted by atomic mass is 127. The number of anilines is 1. The average molecular weight is 505 g/mol. The number of rotatable bonds is 10. The maximum Gasteiger partial charge on any atom is 0.191 e. The lowest BCUT2D eigenvalue weighted by Gasteiger charge is -2.29. The molecule has 1 fully saturated rings. The number of pyridine rings is 1. The topological polar surface area (TPSA) is 71.0 Å².